The first kappa shape index (κ1) is 14.1. The van der Waals surface area contributed by atoms with E-state index in [1.165, 1.54) is 11.8 Å². The number of hydrogen-bond acceptors (Lipinski definition) is 5. The third kappa shape index (κ3) is 4.13. The molecule has 0 amide bonds. The molecule has 0 atom stereocenters. The van der Waals surface area contributed by atoms with Crippen molar-refractivity contribution in [3.8, 4) is 0 Å². The van der Waals surface area contributed by atoms with Crippen LogP contribution in [0.15, 0.2) is 10.8 Å². The number of rotatable bonds is 5. The minimum Gasteiger partial charge on any atom is -0.389 e. The van der Waals surface area contributed by atoms with Crippen LogP contribution in [0.4, 0.5) is 0 Å². The van der Waals surface area contributed by atoms with Crippen LogP contribution in [0.5, 0.6) is 0 Å². The van der Waals surface area contributed by atoms with Gasteiger partial charge in [0.25, 0.3) is 0 Å². The Bertz CT molecular complexity index is 290. The second-order valence-electron chi connectivity index (χ2n) is 4.09. The van der Waals surface area contributed by atoms with Crippen molar-refractivity contribution in [3.05, 3.63) is 10.8 Å². The maximum atomic E-state index is 12.6. The van der Waals surface area contributed by atoms with E-state index in [2.05, 4.69) is 5.32 Å². The highest BCUT2D eigenvalue weighted by molar-refractivity contribution is 8.10. The van der Waals surface area contributed by atoms with Crippen molar-refractivity contribution < 1.29 is 13.6 Å². The summed E-state index contributed by atoms with van der Waals surface area (Å²) in [7, 11) is -3.15. The summed E-state index contributed by atoms with van der Waals surface area (Å²) in [4.78, 5) is 0. The van der Waals surface area contributed by atoms with Gasteiger partial charge in [0.2, 0.25) is 0 Å². The molecule has 0 spiro atoms. The zero-order valence-electron chi connectivity index (χ0n) is 10.2. The van der Waals surface area contributed by atoms with Crippen molar-refractivity contribution in [1.29, 1.82) is 0 Å². The van der Waals surface area contributed by atoms with E-state index in [0.29, 0.717) is 4.65 Å². The van der Waals surface area contributed by atoms with Gasteiger partial charge in [0, 0.05) is 18.5 Å². The molecule has 0 bridgehead atoms. The van der Waals surface area contributed by atoms with Crippen molar-refractivity contribution in [1.82, 2.24) is 5.32 Å². The van der Waals surface area contributed by atoms with Gasteiger partial charge in [-0.15, -0.1) is 11.8 Å². The van der Waals surface area contributed by atoms with Crippen LogP contribution >= 0.6 is 19.4 Å². The summed E-state index contributed by atoms with van der Waals surface area (Å²) >= 11 is 1.54. The van der Waals surface area contributed by atoms with Crippen molar-refractivity contribution in [2.45, 2.75) is 39.9 Å². The number of nitrogens with one attached hydrogen (secondary N) is 1. The molecule has 16 heavy (non-hydrogen) atoms. The van der Waals surface area contributed by atoms with Crippen LogP contribution in [0, 0.1) is 0 Å². The molecule has 4 nitrogen and oxygen atoms in total. The summed E-state index contributed by atoms with van der Waals surface area (Å²) in [5.41, 5.74) is 0. The summed E-state index contributed by atoms with van der Waals surface area (Å²) in [6.07, 6.45) is 1.51. The fourth-order valence-corrected chi connectivity index (χ4v) is 4.63. The highest BCUT2D eigenvalue weighted by Gasteiger charge is 2.34. The van der Waals surface area contributed by atoms with Crippen LogP contribution in [0.3, 0.4) is 0 Å². The van der Waals surface area contributed by atoms with Crippen molar-refractivity contribution in [2.75, 3.05) is 12.3 Å². The average molecular weight is 265 g/mol. The van der Waals surface area contributed by atoms with Gasteiger partial charge in [-0.05, 0) is 27.7 Å². The Hall–Kier alpha value is 0.0400. The van der Waals surface area contributed by atoms with Gasteiger partial charge in [0.05, 0.1) is 12.2 Å². The Morgan fingerprint density at radius 1 is 1.31 bits per heavy atom. The summed E-state index contributed by atoms with van der Waals surface area (Å²) < 4.78 is 24.3. The zero-order valence-corrected chi connectivity index (χ0v) is 11.9. The molecule has 0 aliphatic carbocycles. The summed E-state index contributed by atoms with van der Waals surface area (Å²) in [5, 5.41) is 3.07. The molecule has 6 heteroatoms. The van der Waals surface area contributed by atoms with Gasteiger partial charge in [-0.2, -0.15) is 0 Å². The predicted octanol–water partition coefficient (Wildman–Crippen LogP) is 3.16. The molecule has 1 aliphatic heterocycles. The topological polar surface area (TPSA) is 47.6 Å². The van der Waals surface area contributed by atoms with Gasteiger partial charge < -0.3 is 14.4 Å². The second-order valence-corrected chi connectivity index (χ2v) is 7.43. The average Bonchev–Trinajstić information content (AvgIpc) is 2.16. The van der Waals surface area contributed by atoms with Crippen molar-refractivity contribution in [2.24, 2.45) is 0 Å². The van der Waals surface area contributed by atoms with Gasteiger partial charge in [0.15, 0.2) is 0 Å². The lowest BCUT2D eigenvalue weighted by Gasteiger charge is -2.26. The maximum Gasteiger partial charge on any atom is 0.369 e. The number of thioether (sulfide) groups is 1. The van der Waals surface area contributed by atoms with E-state index in [9.17, 15) is 4.57 Å². The van der Waals surface area contributed by atoms with E-state index < -0.39 is 7.60 Å². The highest BCUT2D eigenvalue weighted by atomic mass is 32.2. The normalized spacial score (nSPS) is 17.5. The first-order valence-corrected chi connectivity index (χ1v) is 8.00. The Morgan fingerprint density at radius 2 is 1.88 bits per heavy atom. The van der Waals surface area contributed by atoms with E-state index >= 15 is 0 Å². The summed E-state index contributed by atoms with van der Waals surface area (Å²) in [6.45, 7) is 8.32. The van der Waals surface area contributed by atoms with Crippen LogP contribution in [-0.4, -0.2) is 24.5 Å². The lowest BCUT2D eigenvalue weighted by molar-refractivity contribution is 0.148. The molecule has 1 heterocycles. The maximum absolute atomic E-state index is 12.6. The molecule has 1 rings (SSSR count). The van der Waals surface area contributed by atoms with Crippen LogP contribution in [0.2, 0.25) is 0 Å². The standard InChI is InChI=1S/C10H20NO3PS/c1-8(2)13-15(12,14-9(3)4)10-7-11-5-6-16-10/h7-9,11H,5-6H2,1-4H3. The third-order valence-electron chi connectivity index (χ3n) is 1.69. The quantitative estimate of drug-likeness (QED) is 0.774. The van der Waals surface area contributed by atoms with Crippen LogP contribution in [0.25, 0.3) is 0 Å². The summed E-state index contributed by atoms with van der Waals surface area (Å²) in [5.74, 6) is 0.888. The minimum absolute atomic E-state index is 0.118. The lowest BCUT2D eigenvalue weighted by Crippen LogP contribution is -2.17. The molecule has 0 unspecified atom stereocenters. The molecule has 0 aromatic rings. The second kappa shape index (κ2) is 6.10. The van der Waals surface area contributed by atoms with Crippen LogP contribution in [-0.2, 0) is 13.6 Å². The lowest BCUT2D eigenvalue weighted by atomic mass is 10.5. The smallest absolute Gasteiger partial charge is 0.369 e. The van der Waals surface area contributed by atoms with E-state index in [1.54, 1.807) is 6.20 Å². The van der Waals surface area contributed by atoms with E-state index in [1.807, 2.05) is 27.7 Å². The molecule has 1 N–H and O–H groups in total. The molecule has 0 aromatic heterocycles. The third-order valence-corrected chi connectivity index (χ3v) is 5.64. The van der Waals surface area contributed by atoms with Crippen LogP contribution in [0.1, 0.15) is 27.7 Å². The van der Waals surface area contributed by atoms with Gasteiger partial charge in [-0.3, -0.25) is 4.57 Å². The monoisotopic (exact) mass is 265 g/mol. The van der Waals surface area contributed by atoms with Gasteiger partial charge >= 0.3 is 7.60 Å². The van der Waals surface area contributed by atoms with Crippen LogP contribution < -0.4 is 5.32 Å². The first-order chi connectivity index (χ1) is 7.44. The fraction of sp³-hybridized carbons (Fsp3) is 0.800. The van der Waals surface area contributed by atoms with Gasteiger partial charge in [-0.1, -0.05) is 0 Å². The molecule has 1 aliphatic rings. The first-order valence-electron chi connectivity index (χ1n) is 5.48. The number of hydrogen-bond donors (Lipinski definition) is 1. The summed E-state index contributed by atoms with van der Waals surface area (Å²) in [6, 6.07) is 0. The Balaban J connectivity index is 2.84. The van der Waals surface area contributed by atoms with Crippen molar-refractivity contribution in [3.63, 3.8) is 0 Å². The zero-order chi connectivity index (χ0) is 12.2. The fourth-order valence-electron chi connectivity index (χ4n) is 1.26. The largest absolute Gasteiger partial charge is 0.389 e. The van der Waals surface area contributed by atoms with E-state index in [0.717, 1.165) is 12.3 Å². The SMILES string of the molecule is CC(C)OP(=O)(OC(C)C)C1=CNCCS1. The Morgan fingerprint density at radius 3 is 2.25 bits per heavy atom. The van der Waals surface area contributed by atoms with Gasteiger partial charge in [-0.25, -0.2) is 0 Å². The molecule has 0 aromatic carbocycles. The minimum atomic E-state index is -3.15. The Kier molecular flexibility index (Phi) is 5.38. The van der Waals surface area contributed by atoms with Crippen molar-refractivity contribution >= 4 is 19.4 Å². The highest BCUT2D eigenvalue weighted by Crippen LogP contribution is 2.62. The predicted molar refractivity (Wildman–Crippen MR) is 68.6 cm³/mol. The molecule has 94 valence electrons. The molecular formula is C10H20NO3PS. The van der Waals surface area contributed by atoms with Gasteiger partial charge in [0.1, 0.15) is 4.65 Å². The molecule has 0 saturated heterocycles. The molecular weight excluding hydrogens is 245 g/mol. The van der Waals surface area contributed by atoms with E-state index in [4.69, 9.17) is 9.05 Å². The Labute approximate surface area is 102 Å². The van der Waals surface area contributed by atoms with E-state index in [-0.39, 0.29) is 12.2 Å². The molecule has 0 fully saturated rings. The molecule has 0 radical (unpaired) electrons. The molecule has 0 saturated carbocycles.